The number of aryl methyl sites for hydroxylation is 1. The van der Waals surface area contributed by atoms with Crippen LogP contribution in [-0.2, 0) is 4.79 Å². The third kappa shape index (κ3) is 2.11. The monoisotopic (exact) mass is 217 g/mol. The van der Waals surface area contributed by atoms with Gasteiger partial charge in [0.1, 0.15) is 0 Å². The molecule has 0 aliphatic heterocycles. The summed E-state index contributed by atoms with van der Waals surface area (Å²) in [6.07, 6.45) is 4.39. The first-order valence-electron chi connectivity index (χ1n) is 5.99. The smallest absolute Gasteiger partial charge is 0.230 e. The first-order chi connectivity index (χ1) is 7.62. The first kappa shape index (κ1) is 11.2. The van der Waals surface area contributed by atoms with Gasteiger partial charge in [0.15, 0.2) is 0 Å². The predicted octanol–water partition coefficient (Wildman–Crippen LogP) is 3.51. The zero-order valence-electron chi connectivity index (χ0n) is 10.0. The van der Waals surface area contributed by atoms with E-state index >= 15 is 0 Å². The summed E-state index contributed by atoms with van der Waals surface area (Å²) in [5, 5.41) is 3.05. The summed E-state index contributed by atoms with van der Waals surface area (Å²) in [7, 11) is 0. The van der Waals surface area contributed by atoms with E-state index in [4.69, 9.17) is 0 Å². The van der Waals surface area contributed by atoms with Gasteiger partial charge in [-0.15, -0.1) is 0 Å². The molecule has 1 saturated carbocycles. The molecule has 16 heavy (non-hydrogen) atoms. The minimum atomic E-state index is -0.151. The van der Waals surface area contributed by atoms with Crippen molar-refractivity contribution < 1.29 is 4.79 Å². The molecule has 1 fully saturated rings. The van der Waals surface area contributed by atoms with E-state index < -0.39 is 0 Å². The van der Waals surface area contributed by atoms with Gasteiger partial charge in [-0.1, -0.05) is 38.0 Å². The Morgan fingerprint density at radius 3 is 2.50 bits per heavy atom. The highest BCUT2D eigenvalue weighted by Crippen LogP contribution is 2.38. The van der Waals surface area contributed by atoms with Crippen molar-refractivity contribution in [3.63, 3.8) is 0 Å². The van der Waals surface area contributed by atoms with Crippen LogP contribution in [0.4, 0.5) is 5.69 Å². The number of nitrogens with one attached hydrogen (secondary N) is 1. The van der Waals surface area contributed by atoms with E-state index in [9.17, 15) is 4.79 Å². The lowest BCUT2D eigenvalue weighted by molar-refractivity contribution is -0.124. The molecule has 0 aromatic heterocycles. The van der Waals surface area contributed by atoms with Gasteiger partial charge in [0.25, 0.3) is 0 Å². The van der Waals surface area contributed by atoms with Gasteiger partial charge in [-0.2, -0.15) is 0 Å². The number of benzene rings is 1. The zero-order chi connectivity index (χ0) is 11.6. The van der Waals surface area contributed by atoms with E-state index in [0.717, 1.165) is 24.1 Å². The normalized spacial score (nSPS) is 18.4. The molecule has 0 saturated heterocycles. The van der Waals surface area contributed by atoms with E-state index in [2.05, 4.69) is 12.2 Å². The van der Waals surface area contributed by atoms with Gasteiger partial charge in [-0.25, -0.2) is 0 Å². The minimum Gasteiger partial charge on any atom is -0.325 e. The highest BCUT2D eigenvalue weighted by molar-refractivity contribution is 5.95. The van der Waals surface area contributed by atoms with Gasteiger partial charge >= 0.3 is 0 Å². The maximum Gasteiger partial charge on any atom is 0.230 e. The number of hydrogen-bond acceptors (Lipinski definition) is 1. The fraction of sp³-hybridized carbons (Fsp3) is 0.500. The van der Waals surface area contributed by atoms with Crippen LogP contribution in [0.5, 0.6) is 0 Å². The van der Waals surface area contributed by atoms with Crippen molar-refractivity contribution in [1.29, 1.82) is 0 Å². The zero-order valence-corrected chi connectivity index (χ0v) is 10.0. The van der Waals surface area contributed by atoms with E-state index in [1.54, 1.807) is 0 Å². The molecule has 0 atom stereocenters. The number of rotatable bonds is 2. The number of anilines is 1. The highest BCUT2D eigenvalue weighted by atomic mass is 16.2. The van der Waals surface area contributed by atoms with Crippen molar-refractivity contribution in [3.8, 4) is 0 Å². The van der Waals surface area contributed by atoms with Crippen molar-refractivity contribution in [3.05, 3.63) is 29.8 Å². The maximum absolute atomic E-state index is 12.2. The Morgan fingerprint density at radius 1 is 1.25 bits per heavy atom. The van der Waals surface area contributed by atoms with Crippen LogP contribution < -0.4 is 5.32 Å². The summed E-state index contributed by atoms with van der Waals surface area (Å²) in [6, 6.07) is 7.93. The number of carbonyl (C=O) groups is 1. The van der Waals surface area contributed by atoms with Crippen molar-refractivity contribution in [1.82, 2.24) is 0 Å². The van der Waals surface area contributed by atoms with Crippen molar-refractivity contribution in [2.45, 2.75) is 39.5 Å². The molecule has 2 heteroatoms. The number of para-hydroxylation sites is 1. The van der Waals surface area contributed by atoms with E-state index in [1.807, 2.05) is 31.2 Å². The van der Waals surface area contributed by atoms with Crippen LogP contribution in [0.15, 0.2) is 24.3 Å². The molecule has 1 aliphatic rings. The van der Waals surface area contributed by atoms with Gasteiger partial charge in [-0.05, 0) is 31.4 Å². The maximum atomic E-state index is 12.2. The second kappa shape index (κ2) is 4.28. The fourth-order valence-electron chi connectivity index (χ4n) is 2.37. The van der Waals surface area contributed by atoms with Crippen LogP contribution in [0.25, 0.3) is 0 Å². The highest BCUT2D eigenvalue weighted by Gasteiger charge is 2.36. The van der Waals surface area contributed by atoms with Crippen LogP contribution >= 0.6 is 0 Å². The minimum absolute atomic E-state index is 0.151. The molecular weight excluding hydrogens is 198 g/mol. The summed E-state index contributed by atoms with van der Waals surface area (Å²) in [5.41, 5.74) is 1.92. The lowest BCUT2D eigenvalue weighted by atomic mass is 9.87. The Bertz CT molecular complexity index is 391. The summed E-state index contributed by atoms with van der Waals surface area (Å²) in [5.74, 6) is 0.180. The average Bonchev–Trinajstić information content (AvgIpc) is 2.70. The largest absolute Gasteiger partial charge is 0.325 e. The quantitative estimate of drug-likeness (QED) is 0.807. The summed E-state index contributed by atoms with van der Waals surface area (Å²) < 4.78 is 0. The van der Waals surface area contributed by atoms with Crippen LogP contribution in [-0.4, -0.2) is 5.91 Å². The molecule has 2 rings (SSSR count). The van der Waals surface area contributed by atoms with Crippen molar-refractivity contribution in [2.75, 3.05) is 5.32 Å². The molecule has 0 bridgehead atoms. The molecule has 0 spiro atoms. The molecule has 1 aromatic rings. The van der Waals surface area contributed by atoms with E-state index in [0.29, 0.717) is 0 Å². The molecule has 1 amide bonds. The topological polar surface area (TPSA) is 29.1 Å². The second-order valence-corrected chi connectivity index (χ2v) is 5.04. The van der Waals surface area contributed by atoms with Crippen LogP contribution in [0.1, 0.15) is 38.2 Å². The Labute approximate surface area is 97.1 Å². The molecule has 1 aromatic carbocycles. The van der Waals surface area contributed by atoms with Gasteiger partial charge < -0.3 is 5.32 Å². The molecule has 0 heterocycles. The molecule has 86 valence electrons. The molecule has 0 radical (unpaired) electrons. The third-order valence-corrected chi connectivity index (χ3v) is 3.65. The van der Waals surface area contributed by atoms with E-state index in [-0.39, 0.29) is 11.3 Å². The van der Waals surface area contributed by atoms with E-state index in [1.165, 1.54) is 12.8 Å². The van der Waals surface area contributed by atoms with Crippen molar-refractivity contribution in [2.24, 2.45) is 5.41 Å². The Kier molecular flexibility index (Phi) is 2.99. The van der Waals surface area contributed by atoms with Gasteiger partial charge in [0, 0.05) is 11.1 Å². The third-order valence-electron chi connectivity index (χ3n) is 3.65. The summed E-state index contributed by atoms with van der Waals surface area (Å²) >= 11 is 0. The van der Waals surface area contributed by atoms with Gasteiger partial charge in [0.05, 0.1) is 0 Å². The standard InChI is InChI=1S/C14H19NO/c1-11-7-3-4-8-12(11)15-13(16)14(2)9-5-6-10-14/h3-4,7-8H,5-6,9-10H2,1-2H3,(H,15,16). The summed E-state index contributed by atoms with van der Waals surface area (Å²) in [6.45, 7) is 4.10. The molecule has 1 aliphatic carbocycles. The Hall–Kier alpha value is -1.31. The SMILES string of the molecule is Cc1ccccc1NC(=O)C1(C)CCCC1. The molecule has 1 N–H and O–H groups in total. The van der Waals surface area contributed by atoms with Crippen LogP contribution in [0.3, 0.4) is 0 Å². The Morgan fingerprint density at radius 2 is 1.88 bits per heavy atom. The first-order valence-corrected chi connectivity index (χ1v) is 5.99. The second-order valence-electron chi connectivity index (χ2n) is 5.04. The lowest BCUT2D eigenvalue weighted by Gasteiger charge is -2.22. The van der Waals surface area contributed by atoms with Gasteiger partial charge in [0.2, 0.25) is 5.91 Å². The average molecular weight is 217 g/mol. The fourth-order valence-corrected chi connectivity index (χ4v) is 2.37. The Balaban J connectivity index is 2.10. The van der Waals surface area contributed by atoms with Crippen LogP contribution in [0.2, 0.25) is 0 Å². The predicted molar refractivity (Wildman–Crippen MR) is 66.4 cm³/mol. The number of carbonyl (C=O) groups excluding carboxylic acids is 1. The van der Waals surface area contributed by atoms with Crippen molar-refractivity contribution >= 4 is 11.6 Å². The molecular formula is C14H19NO. The molecule has 2 nitrogen and oxygen atoms in total. The lowest BCUT2D eigenvalue weighted by Crippen LogP contribution is -2.31. The number of hydrogen-bond donors (Lipinski definition) is 1. The van der Waals surface area contributed by atoms with Gasteiger partial charge in [-0.3, -0.25) is 4.79 Å². The number of amides is 1. The molecule has 0 unspecified atom stereocenters. The summed E-state index contributed by atoms with van der Waals surface area (Å²) in [4.78, 5) is 12.2. The van der Waals surface area contributed by atoms with Crippen LogP contribution in [0, 0.1) is 12.3 Å².